The number of carbonyl (C=O) groups is 1. The zero-order chi connectivity index (χ0) is 17.8. The Kier molecular flexibility index (Phi) is 5.07. The molecule has 1 saturated heterocycles. The van der Waals surface area contributed by atoms with E-state index in [1.807, 2.05) is 19.1 Å². The maximum Gasteiger partial charge on any atom is 0.254 e. The van der Waals surface area contributed by atoms with Gasteiger partial charge in [-0.3, -0.25) is 4.79 Å². The molecule has 1 aliphatic rings. The van der Waals surface area contributed by atoms with Gasteiger partial charge in [0.2, 0.25) is 5.88 Å². The number of pyridine rings is 1. The summed E-state index contributed by atoms with van der Waals surface area (Å²) in [6, 6.07) is 9.01. The van der Waals surface area contributed by atoms with Crippen molar-refractivity contribution < 1.29 is 19.0 Å². The number of carbonyl (C=O) groups excluding carboxylic acids is 1. The molecule has 1 atom stereocenters. The molecule has 6 nitrogen and oxygen atoms in total. The number of nitrogens with zero attached hydrogens (tertiary/aromatic N) is 2. The minimum Gasteiger partial charge on any atom is -0.493 e. The summed E-state index contributed by atoms with van der Waals surface area (Å²) < 4.78 is 16.4. The van der Waals surface area contributed by atoms with Crippen molar-refractivity contribution in [3.63, 3.8) is 0 Å². The van der Waals surface area contributed by atoms with Crippen LogP contribution in [0, 0.1) is 6.92 Å². The highest BCUT2D eigenvalue weighted by Crippen LogP contribution is 2.28. The molecule has 1 aromatic heterocycles. The lowest BCUT2D eigenvalue weighted by Gasteiger charge is -2.18. The third-order valence-corrected chi connectivity index (χ3v) is 4.23. The summed E-state index contributed by atoms with van der Waals surface area (Å²) in [5.74, 6) is 1.70. The lowest BCUT2D eigenvalue weighted by molar-refractivity contribution is 0.0770. The molecule has 0 spiro atoms. The number of rotatable bonds is 5. The number of aromatic nitrogens is 1. The molecule has 1 unspecified atom stereocenters. The first-order valence-corrected chi connectivity index (χ1v) is 8.21. The third-order valence-electron chi connectivity index (χ3n) is 4.23. The second-order valence-electron chi connectivity index (χ2n) is 6.02. The Hall–Kier alpha value is -2.76. The topological polar surface area (TPSA) is 60.9 Å². The summed E-state index contributed by atoms with van der Waals surface area (Å²) in [6.45, 7) is 3.18. The Morgan fingerprint density at radius 3 is 2.64 bits per heavy atom. The molecular formula is C19H22N2O4. The van der Waals surface area contributed by atoms with Gasteiger partial charge in [0.1, 0.15) is 6.10 Å². The van der Waals surface area contributed by atoms with Crippen LogP contribution in [0.1, 0.15) is 22.3 Å². The predicted molar refractivity (Wildman–Crippen MR) is 93.5 cm³/mol. The standard InChI is InChI=1S/C19H22N2O4/c1-13-4-7-18(20-11-13)25-15-8-9-21(12-15)19(22)14-5-6-16(23-2)17(10-14)24-3/h4-7,10-11,15H,8-9,12H2,1-3H3. The Balaban J connectivity index is 1.65. The van der Waals surface area contributed by atoms with Crippen molar-refractivity contribution >= 4 is 5.91 Å². The molecule has 1 fully saturated rings. The van der Waals surface area contributed by atoms with Crippen molar-refractivity contribution in [3.05, 3.63) is 47.7 Å². The molecule has 2 aromatic rings. The Morgan fingerprint density at radius 1 is 1.16 bits per heavy atom. The Morgan fingerprint density at radius 2 is 1.96 bits per heavy atom. The number of methoxy groups -OCH3 is 2. The molecule has 0 aliphatic carbocycles. The van der Waals surface area contributed by atoms with Gasteiger partial charge in [-0.05, 0) is 30.7 Å². The van der Waals surface area contributed by atoms with E-state index in [1.165, 1.54) is 0 Å². The maximum absolute atomic E-state index is 12.7. The summed E-state index contributed by atoms with van der Waals surface area (Å²) in [6.07, 6.45) is 2.52. The normalized spacial score (nSPS) is 16.6. The van der Waals surface area contributed by atoms with Crippen LogP contribution in [-0.4, -0.2) is 49.2 Å². The Labute approximate surface area is 147 Å². The molecule has 0 N–H and O–H groups in total. The number of hydrogen-bond acceptors (Lipinski definition) is 5. The number of likely N-dealkylation sites (tertiary alicyclic amines) is 1. The van der Waals surface area contributed by atoms with Gasteiger partial charge in [-0.1, -0.05) is 6.07 Å². The molecular weight excluding hydrogens is 320 g/mol. The predicted octanol–water partition coefficient (Wildman–Crippen LogP) is 2.70. The molecule has 0 bridgehead atoms. The lowest BCUT2D eigenvalue weighted by atomic mass is 10.1. The molecule has 0 saturated carbocycles. The quantitative estimate of drug-likeness (QED) is 0.836. The van der Waals surface area contributed by atoms with E-state index in [4.69, 9.17) is 14.2 Å². The Bertz CT molecular complexity index is 746. The van der Waals surface area contributed by atoms with Crippen LogP contribution in [0.3, 0.4) is 0 Å². The number of aryl methyl sites for hydroxylation is 1. The van der Waals surface area contributed by atoms with E-state index < -0.39 is 0 Å². The highest BCUT2D eigenvalue weighted by Gasteiger charge is 2.29. The first-order valence-electron chi connectivity index (χ1n) is 8.21. The van der Waals surface area contributed by atoms with Crippen molar-refractivity contribution in [3.8, 4) is 17.4 Å². The van der Waals surface area contributed by atoms with Gasteiger partial charge in [0.25, 0.3) is 5.91 Å². The van der Waals surface area contributed by atoms with Crippen LogP contribution in [0.5, 0.6) is 17.4 Å². The van der Waals surface area contributed by atoms with Gasteiger partial charge in [-0.15, -0.1) is 0 Å². The average Bonchev–Trinajstić information content (AvgIpc) is 3.11. The number of ether oxygens (including phenoxy) is 3. The molecule has 2 heterocycles. The summed E-state index contributed by atoms with van der Waals surface area (Å²) in [5, 5.41) is 0. The van der Waals surface area contributed by atoms with Crippen LogP contribution in [-0.2, 0) is 0 Å². The zero-order valence-electron chi connectivity index (χ0n) is 14.7. The second-order valence-corrected chi connectivity index (χ2v) is 6.02. The molecule has 1 amide bonds. The van der Waals surface area contributed by atoms with E-state index in [0.29, 0.717) is 36.0 Å². The highest BCUT2D eigenvalue weighted by molar-refractivity contribution is 5.95. The van der Waals surface area contributed by atoms with Crippen LogP contribution < -0.4 is 14.2 Å². The summed E-state index contributed by atoms with van der Waals surface area (Å²) >= 11 is 0. The van der Waals surface area contributed by atoms with Gasteiger partial charge in [-0.2, -0.15) is 0 Å². The van der Waals surface area contributed by atoms with Crippen LogP contribution in [0.4, 0.5) is 0 Å². The third kappa shape index (κ3) is 3.84. The fourth-order valence-electron chi connectivity index (χ4n) is 2.86. The van der Waals surface area contributed by atoms with Crippen molar-refractivity contribution in [2.45, 2.75) is 19.4 Å². The van der Waals surface area contributed by atoms with Gasteiger partial charge < -0.3 is 19.1 Å². The number of hydrogen-bond donors (Lipinski definition) is 0. The average molecular weight is 342 g/mol. The van der Waals surface area contributed by atoms with E-state index >= 15 is 0 Å². The maximum atomic E-state index is 12.7. The molecule has 3 rings (SSSR count). The van der Waals surface area contributed by atoms with Crippen LogP contribution >= 0.6 is 0 Å². The van der Waals surface area contributed by atoms with E-state index in [-0.39, 0.29) is 12.0 Å². The summed E-state index contributed by atoms with van der Waals surface area (Å²) in [7, 11) is 3.13. The van der Waals surface area contributed by atoms with Gasteiger partial charge in [0, 0.05) is 30.8 Å². The zero-order valence-corrected chi connectivity index (χ0v) is 14.7. The molecule has 132 valence electrons. The highest BCUT2D eigenvalue weighted by atomic mass is 16.5. The van der Waals surface area contributed by atoms with Crippen LogP contribution in [0.15, 0.2) is 36.5 Å². The first kappa shape index (κ1) is 17.1. The molecule has 25 heavy (non-hydrogen) atoms. The molecule has 6 heteroatoms. The monoisotopic (exact) mass is 342 g/mol. The smallest absolute Gasteiger partial charge is 0.254 e. The molecule has 1 aromatic carbocycles. The second kappa shape index (κ2) is 7.42. The first-order chi connectivity index (χ1) is 12.1. The minimum atomic E-state index is -0.0423. The number of benzene rings is 1. The summed E-state index contributed by atoms with van der Waals surface area (Å²) in [4.78, 5) is 18.8. The van der Waals surface area contributed by atoms with Gasteiger partial charge >= 0.3 is 0 Å². The van der Waals surface area contributed by atoms with Crippen LogP contribution in [0.25, 0.3) is 0 Å². The van der Waals surface area contributed by atoms with E-state index in [1.54, 1.807) is 43.5 Å². The molecule has 0 radical (unpaired) electrons. The van der Waals surface area contributed by atoms with Crippen LogP contribution in [0.2, 0.25) is 0 Å². The van der Waals surface area contributed by atoms with Crippen molar-refractivity contribution in [2.24, 2.45) is 0 Å². The molecule has 1 aliphatic heterocycles. The van der Waals surface area contributed by atoms with Crippen molar-refractivity contribution in [2.75, 3.05) is 27.3 Å². The number of amides is 1. The van der Waals surface area contributed by atoms with E-state index in [9.17, 15) is 4.79 Å². The van der Waals surface area contributed by atoms with Crippen molar-refractivity contribution in [1.82, 2.24) is 9.88 Å². The van der Waals surface area contributed by atoms with Gasteiger partial charge in [0.15, 0.2) is 11.5 Å². The van der Waals surface area contributed by atoms with Crippen molar-refractivity contribution in [1.29, 1.82) is 0 Å². The van der Waals surface area contributed by atoms with E-state index in [2.05, 4.69) is 4.98 Å². The minimum absolute atomic E-state index is 0.0380. The SMILES string of the molecule is COc1ccc(C(=O)N2CCC(Oc3ccc(C)cn3)C2)cc1OC. The lowest BCUT2D eigenvalue weighted by Crippen LogP contribution is -2.31. The van der Waals surface area contributed by atoms with E-state index in [0.717, 1.165) is 12.0 Å². The fraction of sp³-hybridized carbons (Fsp3) is 0.368. The fourth-order valence-corrected chi connectivity index (χ4v) is 2.86. The largest absolute Gasteiger partial charge is 0.493 e. The summed E-state index contributed by atoms with van der Waals surface area (Å²) in [5.41, 5.74) is 1.66. The van der Waals surface area contributed by atoms with Gasteiger partial charge in [-0.25, -0.2) is 4.98 Å². The van der Waals surface area contributed by atoms with Gasteiger partial charge in [0.05, 0.1) is 20.8 Å².